The van der Waals surface area contributed by atoms with Gasteiger partial charge in [0.25, 0.3) is 0 Å². The predicted molar refractivity (Wildman–Crippen MR) is 58.9 cm³/mol. The van der Waals surface area contributed by atoms with Crippen LogP contribution in [0.1, 0.15) is 53.4 Å². The van der Waals surface area contributed by atoms with E-state index >= 15 is 0 Å². The van der Waals surface area contributed by atoms with Crippen molar-refractivity contribution in [3.63, 3.8) is 0 Å². The molecule has 1 rings (SSSR count). The van der Waals surface area contributed by atoms with Gasteiger partial charge in [0.05, 0.1) is 0 Å². The molecule has 1 unspecified atom stereocenters. The highest BCUT2D eigenvalue weighted by Gasteiger charge is 2.42. The molecule has 0 radical (unpaired) electrons. The molecule has 0 aromatic heterocycles. The van der Waals surface area contributed by atoms with E-state index in [0.717, 1.165) is 5.92 Å². The first-order valence-corrected chi connectivity index (χ1v) is 5.81. The smallest absolute Gasteiger partial charge is 0.00106 e. The van der Waals surface area contributed by atoms with Gasteiger partial charge in [-0.2, -0.15) is 0 Å². The minimum Gasteiger partial charge on any atom is -0.314 e. The zero-order chi connectivity index (χ0) is 9.90. The zero-order valence-electron chi connectivity index (χ0n) is 9.69. The second-order valence-electron chi connectivity index (χ2n) is 5.25. The minimum absolute atomic E-state index is 0.648. The molecule has 0 aliphatic heterocycles. The lowest BCUT2D eigenvalue weighted by Gasteiger charge is -2.21. The van der Waals surface area contributed by atoms with Gasteiger partial charge < -0.3 is 5.32 Å². The molecular weight excluding hydrogens is 158 g/mol. The maximum absolute atomic E-state index is 3.58. The van der Waals surface area contributed by atoms with Crippen molar-refractivity contribution in [1.29, 1.82) is 0 Å². The standard InChI is InChI=1S/C12H25N/c1-5-11(4)8-12(6-7-12)9-13-10(2)3/h10-11,13H,5-9H2,1-4H3. The molecule has 0 saturated heterocycles. The Labute approximate surface area is 83.3 Å². The van der Waals surface area contributed by atoms with Crippen molar-refractivity contribution in [3.05, 3.63) is 0 Å². The van der Waals surface area contributed by atoms with Gasteiger partial charge in [-0.25, -0.2) is 0 Å². The van der Waals surface area contributed by atoms with Crippen LogP contribution in [0.15, 0.2) is 0 Å². The number of hydrogen-bond acceptors (Lipinski definition) is 1. The molecule has 1 nitrogen and oxygen atoms in total. The van der Waals surface area contributed by atoms with Crippen molar-refractivity contribution < 1.29 is 0 Å². The first-order chi connectivity index (χ1) is 6.08. The first-order valence-electron chi connectivity index (χ1n) is 5.81. The van der Waals surface area contributed by atoms with Gasteiger partial charge in [0.1, 0.15) is 0 Å². The van der Waals surface area contributed by atoms with Crippen LogP contribution in [0.3, 0.4) is 0 Å². The molecule has 1 atom stereocenters. The summed E-state index contributed by atoms with van der Waals surface area (Å²) < 4.78 is 0. The Morgan fingerprint density at radius 3 is 2.23 bits per heavy atom. The van der Waals surface area contributed by atoms with Gasteiger partial charge in [-0.3, -0.25) is 0 Å². The van der Waals surface area contributed by atoms with Gasteiger partial charge in [0, 0.05) is 12.6 Å². The molecule has 1 saturated carbocycles. The summed E-state index contributed by atoms with van der Waals surface area (Å²) >= 11 is 0. The maximum Gasteiger partial charge on any atom is 0.00106 e. The Hall–Kier alpha value is -0.0400. The molecule has 1 aliphatic carbocycles. The highest BCUT2D eigenvalue weighted by molar-refractivity contribution is 4.95. The van der Waals surface area contributed by atoms with Crippen LogP contribution >= 0.6 is 0 Å². The van der Waals surface area contributed by atoms with Crippen LogP contribution in [0, 0.1) is 11.3 Å². The third-order valence-corrected chi connectivity index (χ3v) is 3.32. The molecule has 1 fully saturated rings. The molecule has 0 heterocycles. The van der Waals surface area contributed by atoms with E-state index in [1.807, 2.05) is 0 Å². The van der Waals surface area contributed by atoms with E-state index in [1.54, 1.807) is 0 Å². The van der Waals surface area contributed by atoms with Crippen LogP contribution < -0.4 is 5.32 Å². The summed E-state index contributed by atoms with van der Waals surface area (Å²) in [7, 11) is 0. The monoisotopic (exact) mass is 183 g/mol. The molecule has 78 valence electrons. The Morgan fingerprint density at radius 1 is 1.23 bits per heavy atom. The summed E-state index contributed by atoms with van der Waals surface area (Å²) in [5.74, 6) is 0.913. The molecule has 0 aromatic rings. The van der Waals surface area contributed by atoms with Crippen molar-refractivity contribution in [2.45, 2.75) is 59.4 Å². The van der Waals surface area contributed by atoms with E-state index in [4.69, 9.17) is 0 Å². The molecule has 0 aromatic carbocycles. The highest BCUT2D eigenvalue weighted by Crippen LogP contribution is 2.50. The van der Waals surface area contributed by atoms with Crippen LogP contribution in [-0.2, 0) is 0 Å². The van der Waals surface area contributed by atoms with Crippen LogP contribution in [0.4, 0.5) is 0 Å². The van der Waals surface area contributed by atoms with Crippen LogP contribution in [0.2, 0.25) is 0 Å². The maximum atomic E-state index is 3.58. The van der Waals surface area contributed by atoms with E-state index in [9.17, 15) is 0 Å². The molecule has 0 bridgehead atoms. The summed E-state index contributed by atoms with van der Waals surface area (Å²) in [5, 5.41) is 3.58. The summed E-state index contributed by atoms with van der Waals surface area (Å²) in [5.41, 5.74) is 0.694. The average Bonchev–Trinajstić information content (AvgIpc) is 2.82. The van der Waals surface area contributed by atoms with Gasteiger partial charge >= 0.3 is 0 Å². The third-order valence-electron chi connectivity index (χ3n) is 3.32. The summed E-state index contributed by atoms with van der Waals surface area (Å²) in [6.07, 6.45) is 5.68. The fourth-order valence-corrected chi connectivity index (χ4v) is 1.93. The van der Waals surface area contributed by atoms with Gasteiger partial charge in [0.15, 0.2) is 0 Å². The lowest BCUT2D eigenvalue weighted by molar-refractivity contribution is 0.337. The quantitative estimate of drug-likeness (QED) is 0.667. The fourth-order valence-electron chi connectivity index (χ4n) is 1.93. The predicted octanol–water partition coefficient (Wildman–Crippen LogP) is 3.20. The SMILES string of the molecule is CCC(C)CC1(CNC(C)C)CC1. The summed E-state index contributed by atoms with van der Waals surface area (Å²) in [6.45, 7) is 10.4. The van der Waals surface area contributed by atoms with E-state index in [2.05, 4.69) is 33.0 Å². The van der Waals surface area contributed by atoms with Crippen molar-refractivity contribution in [2.75, 3.05) is 6.54 Å². The normalized spacial score (nSPS) is 21.9. The van der Waals surface area contributed by atoms with Crippen molar-refractivity contribution in [1.82, 2.24) is 5.32 Å². The largest absolute Gasteiger partial charge is 0.314 e. The molecule has 1 aliphatic rings. The molecule has 1 N–H and O–H groups in total. The first kappa shape index (κ1) is 11.0. The van der Waals surface area contributed by atoms with Gasteiger partial charge in [-0.15, -0.1) is 0 Å². The fraction of sp³-hybridized carbons (Fsp3) is 1.00. The number of nitrogens with one attached hydrogen (secondary N) is 1. The van der Waals surface area contributed by atoms with Crippen molar-refractivity contribution in [3.8, 4) is 0 Å². The Kier molecular flexibility index (Phi) is 3.78. The molecule has 0 spiro atoms. The third kappa shape index (κ3) is 3.68. The van der Waals surface area contributed by atoms with Crippen LogP contribution in [0.5, 0.6) is 0 Å². The molecule has 13 heavy (non-hydrogen) atoms. The second kappa shape index (κ2) is 4.45. The Bertz CT molecular complexity index is 147. The Morgan fingerprint density at radius 2 is 1.85 bits per heavy atom. The van der Waals surface area contributed by atoms with Gasteiger partial charge in [0.2, 0.25) is 0 Å². The molecular formula is C12H25N. The number of rotatable bonds is 6. The lowest BCUT2D eigenvalue weighted by atomic mass is 9.91. The van der Waals surface area contributed by atoms with E-state index < -0.39 is 0 Å². The molecule has 1 heteroatoms. The van der Waals surface area contributed by atoms with E-state index in [-0.39, 0.29) is 0 Å². The second-order valence-corrected chi connectivity index (χ2v) is 5.25. The van der Waals surface area contributed by atoms with E-state index in [1.165, 1.54) is 32.2 Å². The van der Waals surface area contributed by atoms with Gasteiger partial charge in [-0.05, 0) is 30.6 Å². The van der Waals surface area contributed by atoms with Crippen LogP contribution in [0.25, 0.3) is 0 Å². The van der Waals surface area contributed by atoms with E-state index in [0.29, 0.717) is 11.5 Å². The topological polar surface area (TPSA) is 12.0 Å². The zero-order valence-corrected chi connectivity index (χ0v) is 9.69. The lowest BCUT2D eigenvalue weighted by Crippen LogP contribution is -2.30. The highest BCUT2D eigenvalue weighted by atomic mass is 14.9. The molecule has 0 amide bonds. The van der Waals surface area contributed by atoms with Crippen molar-refractivity contribution >= 4 is 0 Å². The van der Waals surface area contributed by atoms with Crippen molar-refractivity contribution in [2.24, 2.45) is 11.3 Å². The average molecular weight is 183 g/mol. The number of hydrogen-bond donors (Lipinski definition) is 1. The minimum atomic E-state index is 0.648. The summed E-state index contributed by atoms with van der Waals surface area (Å²) in [4.78, 5) is 0. The summed E-state index contributed by atoms with van der Waals surface area (Å²) in [6, 6.07) is 0.648. The Balaban J connectivity index is 2.22. The van der Waals surface area contributed by atoms with Gasteiger partial charge in [-0.1, -0.05) is 34.1 Å². The van der Waals surface area contributed by atoms with Crippen LogP contribution in [-0.4, -0.2) is 12.6 Å².